The van der Waals surface area contributed by atoms with Gasteiger partial charge in [-0.05, 0) is 54.7 Å². The van der Waals surface area contributed by atoms with Gasteiger partial charge >= 0.3 is 0 Å². The summed E-state index contributed by atoms with van der Waals surface area (Å²) in [7, 11) is 0. The van der Waals surface area contributed by atoms with Crippen LogP contribution in [0, 0.1) is 13.8 Å². The van der Waals surface area contributed by atoms with Gasteiger partial charge in [0.25, 0.3) is 11.8 Å². The maximum Gasteiger partial charge on any atom is 0.257 e. The van der Waals surface area contributed by atoms with Crippen LogP contribution in [0.2, 0.25) is 0 Å². The quantitative estimate of drug-likeness (QED) is 0.163. The molecule has 0 aliphatic rings. The van der Waals surface area contributed by atoms with Gasteiger partial charge in [0.15, 0.2) is 0 Å². The number of benzene rings is 3. The van der Waals surface area contributed by atoms with E-state index in [0.717, 1.165) is 27.8 Å². The molecule has 7 aromatic rings. The molecule has 12 heteroatoms. The maximum absolute atomic E-state index is 5.56. The van der Waals surface area contributed by atoms with Crippen molar-refractivity contribution in [2.75, 3.05) is 13.2 Å². The second-order valence-electron chi connectivity index (χ2n) is 10.4. The molecule has 0 radical (unpaired) electrons. The van der Waals surface area contributed by atoms with E-state index in [2.05, 4.69) is 66.9 Å². The first-order valence-corrected chi connectivity index (χ1v) is 15.2. The van der Waals surface area contributed by atoms with Gasteiger partial charge in [0.05, 0.1) is 24.3 Å². The van der Waals surface area contributed by atoms with Crippen LogP contribution < -0.4 is 9.47 Å². The Bertz CT molecular complexity index is 1890. The molecule has 0 spiro atoms. The molecule has 0 saturated carbocycles. The first-order chi connectivity index (χ1) is 23.1. The van der Waals surface area contributed by atoms with Crippen molar-refractivity contribution in [2.24, 2.45) is 0 Å². The summed E-state index contributed by atoms with van der Waals surface area (Å²) in [5.41, 5.74) is 4.08. The molecule has 4 heterocycles. The largest absolute Gasteiger partial charge is 0.476 e. The van der Waals surface area contributed by atoms with Gasteiger partial charge in [-0.2, -0.15) is 5.10 Å². The molecule has 0 bridgehead atoms. The highest BCUT2D eigenvalue weighted by atomic mass is 16.5. The highest BCUT2D eigenvalue weighted by molar-refractivity contribution is 5.56. The van der Waals surface area contributed by atoms with Crippen molar-refractivity contribution in [2.45, 2.75) is 33.2 Å². The molecule has 0 aliphatic heterocycles. The zero-order valence-electron chi connectivity index (χ0n) is 26.5. The van der Waals surface area contributed by atoms with Crippen molar-refractivity contribution in [1.29, 1.82) is 0 Å². The van der Waals surface area contributed by atoms with Gasteiger partial charge in [-0.1, -0.05) is 91.0 Å². The van der Waals surface area contributed by atoms with Crippen LogP contribution in [-0.4, -0.2) is 53.5 Å². The van der Waals surface area contributed by atoms with E-state index in [1.165, 1.54) is 6.33 Å². The van der Waals surface area contributed by atoms with Crippen LogP contribution >= 0.6 is 0 Å². The van der Waals surface area contributed by atoms with Crippen LogP contribution in [0.1, 0.15) is 41.7 Å². The first-order valence-electron chi connectivity index (χ1n) is 15.2. The van der Waals surface area contributed by atoms with Gasteiger partial charge in [-0.3, -0.25) is 5.10 Å². The summed E-state index contributed by atoms with van der Waals surface area (Å²) in [4.78, 5) is 8.59. The van der Waals surface area contributed by atoms with E-state index in [9.17, 15) is 0 Å². The van der Waals surface area contributed by atoms with Crippen molar-refractivity contribution in [3.63, 3.8) is 0 Å². The van der Waals surface area contributed by atoms with Gasteiger partial charge in [-0.15, -0.1) is 5.10 Å². The minimum atomic E-state index is -0.730. The van der Waals surface area contributed by atoms with Crippen molar-refractivity contribution < 1.29 is 18.5 Å². The van der Waals surface area contributed by atoms with E-state index in [-0.39, 0.29) is 0 Å². The minimum absolute atomic E-state index is 0.457. The fraction of sp³-hybridized carbons (Fsp3) is 0.200. The highest BCUT2D eigenvalue weighted by Crippen LogP contribution is 2.41. The molecule has 4 aromatic heterocycles. The van der Waals surface area contributed by atoms with Crippen LogP contribution in [-0.2, 0) is 5.54 Å². The molecule has 0 saturated heterocycles. The first kappa shape index (κ1) is 31.0. The van der Waals surface area contributed by atoms with E-state index in [4.69, 9.17) is 23.6 Å². The Morgan fingerprint density at radius 3 is 1.55 bits per heavy atom. The average molecular weight is 631 g/mol. The standard InChI is InChI=1S/C27H24N4O2.C8H10N4O2/c1-3-32-26-20(2)24(33-30-26)25-28-19-31(29-25)27(21-13-7-4-8-14-21,22-15-9-5-10-16-22)23-17-11-6-12-18-23;1-3-13-8-5(2)6(14-12-8)7-9-4-10-11-7/h4-19H,3H2,1-2H3;4H,3H2,1-2H3,(H,9,10,11). The van der Waals surface area contributed by atoms with E-state index in [1.807, 2.05) is 87.0 Å². The molecule has 7 rings (SSSR count). The Labute approximate surface area is 271 Å². The van der Waals surface area contributed by atoms with Gasteiger partial charge in [0, 0.05) is 0 Å². The summed E-state index contributed by atoms with van der Waals surface area (Å²) >= 11 is 0. The third kappa shape index (κ3) is 6.00. The number of nitrogens with zero attached hydrogens (tertiary/aromatic N) is 7. The van der Waals surface area contributed by atoms with Crippen LogP contribution in [0.4, 0.5) is 0 Å². The predicted molar refractivity (Wildman–Crippen MR) is 174 cm³/mol. The second-order valence-corrected chi connectivity index (χ2v) is 10.4. The molecular weight excluding hydrogens is 596 g/mol. The van der Waals surface area contributed by atoms with Gasteiger partial charge in [-0.25, -0.2) is 14.6 Å². The molecule has 47 heavy (non-hydrogen) atoms. The van der Waals surface area contributed by atoms with E-state index < -0.39 is 5.54 Å². The average Bonchev–Trinajstić information content (AvgIpc) is 3.94. The third-order valence-corrected chi connectivity index (χ3v) is 7.56. The zero-order valence-corrected chi connectivity index (χ0v) is 26.5. The number of nitrogens with one attached hydrogen (secondary N) is 1. The summed E-state index contributed by atoms with van der Waals surface area (Å²) in [5, 5.41) is 19.2. The normalized spacial score (nSPS) is 11.1. The van der Waals surface area contributed by atoms with Crippen molar-refractivity contribution in [1.82, 2.24) is 40.3 Å². The molecule has 3 aromatic carbocycles. The molecule has 0 amide bonds. The Kier molecular flexibility index (Phi) is 9.18. The van der Waals surface area contributed by atoms with Crippen LogP contribution in [0.5, 0.6) is 11.8 Å². The van der Waals surface area contributed by atoms with Crippen LogP contribution in [0.25, 0.3) is 23.2 Å². The summed E-state index contributed by atoms with van der Waals surface area (Å²) in [6.07, 6.45) is 3.24. The summed E-state index contributed by atoms with van der Waals surface area (Å²) in [6.45, 7) is 8.62. The van der Waals surface area contributed by atoms with Crippen LogP contribution in [0.3, 0.4) is 0 Å². The fourth-order valence-corrected chi connectivity index (χ4v) is 5.38. The minimum Gasteiger partial charge on any atom is -0.476 e. The molecule has 12 nitrogen and oxygen atoms in total. The molecule has 0 aliphatic carbocycles. The van der Waals surface area contributed by atoms with Crippen molar-refractivity contribution in [3.05, 3.63) is 131 Å². The predicted octanol–water partition coefficient (Wildman–Crippen LogP) is 6.65. The lowest BCUT2D eigenvalue weighted by molar-refractivity contribution is 0.295. The lowest BCUT2D eigenvalue weighted by Crippen LogP contribution is -2.38. The lowest BCUT2D eigenvalue weighted by atomic mass is 9.77. The zero-order chi connectivity index (χ0) is 32.6. The molecule has 1 N–H and O–H groups in total. The number of ether oxygens (including phenoxy) is 2. The molecular formula is C35H34N8O4. The molecule has 0 unspecified atom stereocenters. The summed E-state index contributed by atoms with van der Waals surface area (Å²) in [6, 6.07) is 31.0. The Hall–Kier alpha value is -6.04. The van der Waals surface area contributed by atoms with Gasteiger partial charge in [0.1, 0.15) is 18.2 Å². The van der Waals surface area contributed by atoms with Crippen molar-refractivity contribution >= 4 is 0 Å². The Balaban J connectivity index is 0.000000230. The number of aromatic amines is 1. The van der Waals surface area contributed by atoms with E-state index in [1.54, 1.807) is 6.33 Å². The van der Waals surface area contributed by atoms with Crippen molar-refractivity contribution in [3.8, 4) is 34.9 Å². The lowest BCUT2D eigenvalue weighted by Gasteiger charge is -2.35. The second kappa shape index (κ2) is 13.9. The third-order valence-electron chi connectivity index (χ3n) is 7.56. The Morgan fingerprint density at radius 2 is 1.13 bits per heavy atom. The maximum atomic E-state index is 5.56. The monoisotopic (exact) mass is 630 g/mol. The number of hydrogen-bond acceptors (Lipinski definition) is 10. The smallest absolute Gasteiger partial charge is 0.257 e. The fourth-order valence-electron chi connectivity index (χ4n) is 5.38. The van der Waals surface area contributed by atoms with Crippen LogP contribution in [0.15, 0.2) is 113 Å². The summed E-state index contributed by atoms with van der Waals surface area (Å²) < 4.78 is 23.3. The number of H-pyrrole nitrogens is 1. The molecule has 0 atom stereocenters. The highest BCUT2D eigenvalue weighted by Gasteiger charge is 2.40. The number of rotatable bonds is 10. The van der Waals surface area contributed by atoms with E-state index in [0.29, 0.717) is 48.1 Å². The molecule has 238 valence electrons. The van der Waals surface area contributed by atoms with Gasteiger partial charge in [0.2, 0.25) is 23.2 Å². The van der Waals surface area contributed by atoms with E-state index >= 15 is 0 Å². The van der Waals surface area contributed by atoms with Gasteiger partial charge < -0.3 is 18.5 Å². The SMILES string of the molecule is CCOc1noc(-c2nc[nH]n2)c1C.CCOc1noc(-c2ncn(C(c3ccccc3)(c3ccccc3)c3ccccc3)n2)c1C. The Morgan fingerprint density at radius 1 is 0.660 bits per heavy atom. The number of aromatic nitrogens is 8. The topological polar surface area (TPSA) is 143 Å². The summed E-state index contributed by atoms with van der Waals surface area (Å²) in [5.74, 6) is 2.94. The molecule has 0 fully saturated rings. The number of hydrogen-bond donors (Lipinski definition) is 1.